The van der Waals surface area contributed by atoms with Gasteiger partial charge in [-0.3, -0.25) is 4.79 Å². The van der Waals surface area contributed by atoms with Crippen LogP contribution in [0.4, 0.5) is 5.69 Å². The number of carbonyl (C=O) groups is 2. The third kappa shape index (κ3) is 4.84. The molecule has 0 saturated carbocycles. The molecule has 1 fully saturated rings. The largest absolute Gasteiger partial charge is 0.462 e. The van der Waals surface area contributed by atoms with Crippen molar-refractivity contribution in [2.75, 3.05) is 32.1 Å². The van der Waals surface area contributed by atoms with E-state index in [0.717, 1.165) is 25.9 Å². The minimum atomic E-state index is -0.367. The van der Waals surface area contributed by atoms with Crippen LogP contribution in [0.3, 0.4) is 0 Å². The van der Waals surface area contributed by atoms with Gasteiger partial charge in [0, 0.05) is 12.1 Å². The van der Waals surface area contributed by atoms with Gasteiger partial charge in [0.25, 0.3) is 0 Å². The molecule has 0 bridgehead atoms. The number of carbonyl (C=O) groups excluding carboxylic acids is 2. The fourth-order valence-electron chi connectivity index (χ4n) is 2.68. The molecule has 5 nitrogen and oxygen atoms in total. The van der Waals surface area contributed by atoms with Crippen LogP contribution in [0.1, 0.15) is 36.5 Å². The highest BCUT2D eigenvalue weighted by Crippen LogP contribution is 2.20. The average molecular weight is 304 g/mol. The maximum atomic E-state index is 12.1. The highest BCUT2D eigenvalue weighted by atomic mass is 16.5. The maximum absolute atomic E-state index is 12.1. The summed E-state index contributed by atoms with van der Waals surface area (Å²) in [5.74, 6) is 0.0916. The number of hydrogen-bond donors (Lipinski definition) is 1. The zero-order valence-electron chi connectivity index (χ0n) is 13.3. The van der Waals surface area contributed by atoms with Crippen LogP contribution in [-0.4, -0.2) is 43.5 Å². The Bertz CT molecular complexity index is 522. The average Bonchev–Trinajstić information content (AvgIpc) is 2.50. The van der Waals surface area contributed by atoms with E-state index in [4.69, 9.17) is 4.74 Å². The molecule has 1 aromatic carbocycles. The zero-order valence-corrected chi connectivity index (χ0v) is 13.3. The fraction of sp³-hybridized carbons (Fsp3) is 0.529. The molecule has 120 valence electrons. The second-order valence-electron chi connectivity index (χ2n) is 5.80. The lowest BCUT2D eigenvalue weighted by atomic mass is 9.93. The van der Waals surface area contributed by atoms with Crippen molar-refractivity contribution in [1.29, 1.82) is 0 Å². The van der Waals surface area contributed by atoms with Crippen LogP contribution < -0.4 is 5.32 Å². The van der Waals surface area contributed by atoms with E-state index in [2.05, 4.69) is 17.3 Å². The minimum absolute atomic E-state index is 0.00978. The molecule has 0 spiro atoms. The number of hydrogen-bond acceptors (Lipinski definition) is 4. The highest BCUT2D eigenvalue weighted by molar-refractivity contribution is 5.94. The van der Waals surface area contributed by atoms with Crippen LogP contribution in [0.15, 0.2) is 24.3 Å². The number of benzene rings is 1. The molecule has 1 saturated heterocycles. The standard InChI is InChI=1S/C17H24N2O3/c1-3-22-17(21)14-5-4-6-15(12-14)18-16(20)11-13-7-9-19(2)10-8-13/h4-6,12-13H,3,7-11H2,1-2H3,(H,18,20). The number of ether oxygens (including phenoxy) is 1. The molecule has 1 amide bonds. The Morgan fingerprint density at radius 2 is 2.05 bits per heavy atom. The van der Waals surface area contributed by atoms with Gasteiger partial charge in [0.2, 0.25) is 5.91 Å². The number of likely N-dealkylation sites (tertiary alicyclic amines) is 1. The maximum Gasteiger partial charge on any atom is 0.338 e. The van der Waals surface area contributed by atoms with Gasteiger partial charge in [0.1, 0.15) is 0 Å². The lowest BCUT2D eigenvalue weighted by Crippen LogP contribution is -2.31. The number of amides is 1. The Morgan fingerprint density at radius 1 is 1.32 bits per heavy atom. The van der Waals surface area contributed by atoms with Gasteiger partial charge >= 0.3 is 5.97 Å². The molecule has 1 heterocycles. The van der Waals surface area contributed by atoms with Crippen LogP contribution in [0, 0.1) is 5.92 Å². The predicted octanol–water partition coefficient (Wildman–Crippen LogP) is 2.53. The van der Waals surface area contributed by atoms with Gasteiger partial charge < -0.3 is 15.0 Å². The van der Waals surface area contributed by atoms with Gasteiger partial charge in [-0.05, 0) is 64.0 Å². The molecule has 1 aliphatic heterocycles. The first kappa shape index (κ1) is 16.5. The van der Waals surface area contributed by atoms with Gasteiger partial charge in [-0.1, -0.05) is 6.07 Å². The van der Waals surface area contributed by atoms with Gasteiger partial charge in [-0.25, -0.2) is 4.79 Å². The number of esters is 1. The van der Waals surface area contributed by atoms with E-state index < -0.39 is 0 Å². The van der Waals surface area contributed by atoms with E-state index in [-0.39, 0.29) is 11.9 Å². The summed E-state index contributed by atoms with van der Waals surface area (Å²) in [7, 11) is 2.11. The van der Waals surface area contributed by atoms with Gasteiger partial charge in [0.15, 0.2) is 0 Å². The smallest absolute Gasteiger partial charge is 0.338 e. The topological polar surface area (TPSA) is 58.6 Å². The van der Waals surface area contributed by atoms with E-state index >= 15 is 0 Å². The molecule has 1 N–H and O–H groups in total. The number of nitrogens with zero attached hydrogens (tertiary/aromatic N) is 1. The van der Waals surface area contributed by atoms with Crippen molar-refractivity contribution in [3.05, 3.63) is 29.8 Å². The first-order valence-corrected chi connectivity index (χ1v) is 7.84. The van der Waals surface area contributed by atoms with E-state index in [9.17, 15) is 9.59 Å². The van der Waals surface area contributed by atoms with Crippen molar-refractivity contribution in [1.82, 2.24) is 4.90 Å². The lowest BCUT2D eigenvalue weighted by molar-refractivity contribution is -0.117. The summed E-state index contributed by atoms with van der Waals surface area (Å²) in [6, 6.07) is 6.88. The van der Waals surface area contributed by atoms with Crippen molar-refractivity contribution >= 4 is 17.6 Å². The number of piperidine rings is 1. The molecule has 0 aliphatic carbocycles. The fourth-order valence-corrected chi connectivity index (χ4v) is 2.68. The van der Waals surface area contributed by atoms with Crippen LogP contribution in [0.5, 0.6) is 0 Å². The quantitative estimate of drug-likeness (QED) is 0.849. The summed E-state index contributed by atoms with van der Waals surface area (Å²) in [4.78, 5) is 26.1. The summed E-state index contributed by atoms with van der Waals surface area (Å²) in [5.41, 5.74) is 1.10. The Hall–Kier alpha value is -1.88. The Balaban J connectivity index is 1.88. The van der Waals surface area contributed by atoms with Crippen LogP contribution in [-0.2, 0) is 9.53 Å². The van der Waals surface area contributed by atoms with E-state index in [0.29, 0.717) is 30.2 Å². The third-order valence-electron chi connectivity index (χ3n) is 3.97. The molecular weight excluding hydrogens is 280 g/mol. The first-order chi connectivity index (χ1) is 10.6. The second-order valence-corrected chi connectivity index (χ2v) is 5.80. The summed E-state index contributed by atoms with van der Waals surface area (Å²) >= 11 is 0. The summed E-state index contributed by atoms with van der Waals surface area (Å²) in [6.07, 6.45) is 2.66. The van der Waals surface area contributed by atoms with Crippen LogP contribution in [0.2, 0.25) is 0 Å². The lowest BCUT2D eigenvalue weighted by Gasteiger charge is -2.28. The Kier molecular flexibility index (Phi) is 5.95. The molecule has 0 unspecified atom stereocenters. The SMILES string of the molecule is CCOC(=O)c1cccc(NC(=O)CC2CCN(C)CC2)c1. The predicted molar refractivity (Wildman–Crippen MR) is 85.9 cm³/mol. The van der Waals surface area contributed by atoms with E-state index in [1.54, 1.807) is 31.2 Å². The van der Waals surface area contributed by atoms with Crippen molar-refractivity contribution in [3.63, 3.8) is 0 Å². The minimum Gasteiger partial charge on any atom is -0.462 e. The molecule has 5 heteroatoms. The highest BCUT2D eigenvalue weighted by Gasteiger charge is 2.19. The van der Waals surface area contributed by atoms with Crippen LogP contribution in [0.25, 0.3) is 0 Å². The monoisotopic (exact) mass is 304 g/mol. The Labute approximate surface area is 131 Å². The molecule has 22 heavy (non-hydrogen) atoms. The molecular formula is C17H24N2O3. The van der Waals surface area contributed by atoms with Crippen molar-refractivity contribution in [2.45, 2.75) is 26.2 Å². The molecule has 0 atom stereocenters. The van der Waals surface area contributed by atoms with E-state index in [1.807, 2.05) is 0 Å². The van der Waals surface area contributed by atoms with Gasteiger partial charge in [-0.2, -0.15) is 0 Å². The zero-order chi connectivity index (χ0) is 15.9. The molecule has 2 rings (SSSR count). The van der Waals surface area contributed by atoms with Crippen molar-refractivity contribution < 1.29 is 14.3 Å². The van der Waals surface area contributed by atoms with Gasteiger partial charge in [-0.15, -0.1) is 0 Å². The van der Waals surface area contributed by atoms with Crippen LogP contribution >= 0.6 is 0 Å². The second kappa shape index (κ2) is 7.94. The van der Waals surface area contributed by atoms with Crippen molar-refractivity contribution in [2.24, 2.45) is 5.92 Å². The molecule has 1 aliphatic rings. The number of anilines is 1. The third-order valence-corrected chi connectivity index (χ3v) is 3.97. The molecule has 1 aromatic rings. The first-order valence-electron chi connectivity index (χ1n) is 7.84. The number of nitrogens with one attached hydrogen (secondary N) is 1. The molecule has 0 aromatic heterocycles. The Morgan fingerprint density at radius 3 is 2.73 bits per heavy atom. The number of rotatable bonds is 5. The summed E-state index contributed by atoms with van der Waals surface area (Å²) in [6.45, 7) is 4.21. The normalized spacial score (nSPS) is 16.3. The van der Waals surface area contributed by atoms with Gasteiger partial charge in [0.05, 0.1) is 12.2 Å². The summed E-state index contributed by atoms with van der Waals surface area (Å²) < 4.78 is 4.96. The molecule has 0 radical (unpaired) electrons. The summed E-state index contributed by atoms with van der Waals surface area (Å²) in [5, 5.41) is 2.88. The van der Waals surface area contributed by atoms with E-state index in [1.165, 1.54) is 0 Å². The van der Waals surface area contributed by atoms with Crippen molar-refractivity contribution in [3.8, 4) is 0 Å².